The van der Waals surface area contributed by atoms with E-state index < -0.39 is 0 Å². The number of pyridine rings is 1. The fraction of sp³-hybridized carbons (Fsp3) is 0.500. The van der Waals surface area contributed by atoms with Gasteiger partial charge in [-0.3, -0.25) is 4.98 Å². The van der Waals surface area contributed by atoms with Crippen LogP contribution in [0.1, 0.15) is 32.5 Å². The SMILES string of the molecule is C.CC.Cc1ccc(C)nc1. The number of rotatable bonds is 0. The molecule has 0 amide bonds. The molecule has 0 fully saturated rings. The second-order valence-electron chi connectivity index (χ2n) is 1.98. The number of hydrogen-bond acceptors (Lipinski definition) is 1. The highest BCUT2D eigenvalue weighted by atomic mass is 14.6. The van der Waals surface area contributed by atoms with Gasteiger partial charge in [0.25, 0.3) is 0 Å². The first-order valence-electron chi connectivity index (χ1n) is 3.68. The van der Waals surface area contributed by atoms with Gasteiger partial charge in [0.2, 0.25) is 0 Å². The number of hydrogen-bond donors (Lipinski definition) is 0. The van der Waals surface area contributed by atoms with E-state index in [0.717, 1.165) is 5.69 Å². The van der Waals surface area contributed by atoms with Gasteiger partial charge in [0.15, 0.2) is 0 Å². The van der Waals surface area contributed by atoms with Gasteiger partial charge in [0.1, 0.15) is 0 Å². The first-order chi connectivity index (χ1) is 4.79. The molecule has 0 radical (unpaired) electrons. The molecule has 0 saturated heterocycles. The van der Waals surface area contributed by atoms with Crippen molar-refractivity contribution in [3.05, 3.63) is 29.6 Å². The van der Waals surface area contributed by atoms with E-state index in [1.807, 2.05) is 40.0 Å². The van der Waals surface area contributed by atoms with Crippen LogP contribution in [0.4, 0.5) is 0 Å². The van der Waals surface area contributed by atoms with E-state index in [1.165, 1.54) is 5.56 Å². The fourth-order valence-corrected chi connectivity index (χ4v) is 0.542. The summed E-state index contributed by atoms with van der Waals surface area (Å²) in [5, 5.41) is 0. The van der Waals surface area contributed by atoms with Crippen molar-refractivity contribution in [3.8, 4) is 0 Å². The Balaban J connectivity index is 0. The van der Waals surface area contributed by atoms with Crippen LogP contribution in [-0.4, -0.2) is 4.98 Å². The molecule has 0 aliphatic rings. The average molecular weight is 153 g/mol. The first-order valence-corrected chi connectivity index (χ1v) is 3.68. The van der Waals surface area contributed by atoms with Crippen molar-refractivity contribution in [3.63, 3.8) is 0 Å². The van der Waals surface area contributed by atoms with Crippen LogP contribution in [0.15, 0.2) is 18.3 Å². The van der Waals surface area contributed by atoms with Gasteiger partial charge in [0, 0.05) is 11.9 Å². The molecule has 0 aliphatic heterocycles. The van der Waals surface area contributed by atoms with Crippen LogP contribution in [0.25, 0.3) is 0 Å². The van der Waals surface area contributed by atoms with Crippen LogP contribution in [0, 0.1) is 13.8 Å². The van der Waals surface area contributed by atoms with Crippen molar-refractivity contribution >= 4 is 0 Å². The summed E-state index contributed by atoms with van der Waals surface area (Å²) < 4.78 is 0. The van der Waals surface area contributed by atoms with Gasteiger partial charge >= 0.3 is 0 Å². The zero-order valence-corrected chi connectivity index (χ0v) is 7.18. The van der Waals surface area contributed by atoms with Gasteiger partial charge in [0.05, 0.1) is 0 Å². The lowest BCUT2D eigenvalue weighted by Gasteiger charge is -1.89. The van der Waals surface area contributed by atoms with Crippen molar-refractivity contribution in [2.45, 2.75) is 35.1 Å². The highest BCUT2D eigenvalue weighted by Crippen LogP contribution is 1.94. The molecule has 1 aromatic heterocycles. The summed E-state index contributed by atoms with van der Waals surface area (Å²) in [6.45, 7) is 8.02. The molecule has 1 nitrogen and oxygen atoms in total. The second kappa shape index (κ2) is 7.26. The Kier molecular flexibility index (Phi) is 8.44. The minimum Gasteiger partial charge on any atom is -0.261 e. The standard InChI is InChI=1S/C7H9N.C2H6.CH4/c1-6-3-4-7(2)8-5-6;1-2;/h3-5H,1-2H3;1-2H3;1H4. The highest BCUT2D eigenvalue weighted by Gasteiger charge is 1.81. The molecular formula is C10H19N. The Hall–Kier alpha value is -0.850. The lowest BCUT2D eigenvalue weighted by molar-refractivity contribution is 1.17. The smallest absolute Gasteiger partial charge is 0.0372 e. The van der Waals surface area contributed by atoms with Crippen LogP contribution in [0.3, 0.4) is 0 Å². The predicted molar refractivity (Wildman–Crippen MR) is 51.8 cm³/mol. The lowest BCUT2D eigenvalue weighted by Crippen LogP contribution is -1.78. The molecule has 0 unspecified atom stereocenters. The Bertz CT molecular complexity index is 144. The van der Waals surface area contributed by atoms with E-state index in [1.54, 1.807) is 0 Å². The van der Waals surface area contributed by atoms with Crippen molar-refractivity contribution in [2.24, 2.45) is 0 Å². The van der Waals surface area contributed by atoms with Crippen molar-refractivity contribution in [2.75, 3.05) is 0 Å². The number of aromatic nitrogens is 1. The lowest BCUT2D eigenvalue weighted by atomic mass is 10.3. The zero-order chi connectivity index (χ0) is 7.98. The van der Waals surface area contributed by atoms with E-state index in [2.05, 4.69) is 11.1 Å². The zero-order valence-electron chi connectivity index (χ0n) is 7.18. The number of nitrogens with zero attached hydrogens (tertiary/aromatic N) is 1. The maximum atomic E-state index is 4.08. The summed E-state index contributed by atoms with van der Waals surface area (Å²) in [4.78, 5) is 4.08. The molecule has 0 spiro atoms. The summed E-state index contributed by atoms with van der Waals surface area (Å²) in [6, 6.07) is 4.07. The van der Waals surface area contributed by atoms with E-state index in [-0.39, 0.29) is 7.43 Å². The quantitative estimate of drug-likeness (QED) is 0.557. The molecular weight excluding hydrogens is 134 g/mol. The molecule has 0 aromatic carbocycles. The summed E-state index contributed by atoms with van der Waals surface area (Å²) in [6.07, 6.45) is 1.87. The maximum absolute atomic E-state index is 4.08. The molecule has 0 bridgehead atoms. The molecule has 1 heterocycles. The monoisotopic (exact) mass is 153 g/mol. The fourth-order valence-electron chi connectivity index (χ4n) is 0.542. The van der Waals surface area contributed by atoms with Crippen molar-refractivity contribution in [1.29, 1.82) is 0 Å². The van der Waals surface area contributed by atoms with E-state index in [9.17, 15) is 0 Å². The Morgan fingerprint density at radius 1 is 1.09 bits per heavy atom. The molecule has 1 heteroatoms. The highest BCUT2D eigenvalue weighted by molar-refractivity contribution is 5.10. The Labute approximate surface area is 70.5 Å². The minimum absolute atomic E-state index is 0. The molecule has 0 N–H and O–H groups in total. The third-order valence-corrected chi connectivity index (χ3v) is 1.06. The van der Waals surface area contributed by atoms with Gasteiger partial charge < -0.3 is 0 Å². The normalized spacial score (nSPS) is 7.27. The molecule has 64 valence electrons. The maximum Gasteiger partial charge on any atom is 0.0372 e. The second-order valence-corrected chi connectivity index (χ2v) is 1.98. The van der Waals surface area contributed by atoms with Gasteiger partial charge in [-0.05, 0) is 25.5 Å². The van der Waals surface area contributed by atoms with E-state index in [0.29, 0.717) is 0 Å². The molecule has 1 rings (SSSR count). The predicted octanol–water partition coefficient (Wildman–Crippen LogP) is 3.36. The van der Waals surface area contributed by atoms with Crippen LogP contribution in [0.5, 0.6) is 0 Å². The average Bonchev–Trinajstić information content (AvgIpc) is 2.00. The van der Waals surface area contributed by atoms with Crippen molar-refractivity contribution in [1.82, 2.24) is 4.98 Å². The summed E-state index contributed by atoms with van der Waals surface area (Å²) in [7, 11) is 0. The largest absolute Gasteiger partial charge is 0.261 e. The molecule has 0 aliphatic carbocycles. The topological polar surface area (TPSA) is 12.9 Å². The molecule has 11 heavy (non-hydrogen) atoms. The van der Waals surface area contributed by atoms with E-state index in [4.69, 9.17) is 0 Å². The Morgan fingerprint density at radius 2 is 1.64 bits per heavy atom. The molecule has 1 aromatic rings. The van der Waals surface area contributed by atoms with Crippen LogP contribution < -0.4 is 0 Å². The van der Waals surface area contributed by atoms with Gasteiger partial charge in [-0.15, -0.1) is 0 Å². The Morgan fingerprint density at radius 3 is 1.91 bits per heavy atom. The van der Waals surface area contributed by atoms with Crippen LogP contribution in [-0.2, 0) is 0 Å². The van der Waals surface area contributed by atoms with Gasteiger partial charge in [-0.1, -0.05) is 27.3 Å². The van der Waals surface area contributed by atoms with Crippen LogP contribution >= 0.6 is 0 Å². The first kappa shape index (κ1) is 12.8. The van der Waals surface area contributed by atoms with E-state index >= 15 is 0 Å². The van der Waals surface area contributed by atoms with Crippen molar-refractivity contribution < 1.29 is 0 Å². The minimum atomic E-state index is 0. The summed E-state index contributed by atoms with van der Waals surface area (Å²) >= 11 is 0. The summed E-state index contributed by atoms with van der Waals surface area (Å²) in [5.74, 6) is 0. The van der Waals surface area contributed by atoms with Gasteiger partial charge in [-0.25, -0.2) is 0 Å². The summed E-state index contributed by atoms with van der Waals surface area (Å²) in [5.41, 5.74) is 2.30. The van der Waals surface area contributed by atoms with Crippen LogP contribution in [0.2, 0.25) is 0 Å². The molecule has 0 saturated carbocycles. The third kappa shape index (κ3) is 5.59. The third-order valence-electron chi connectivity index (χ3n) is 1.06. The molecule has 0 atom stereocenters. The number of aryl methyl sites for hydroxylation is 2. The van der Waals surface area contributed by atoms with Gasteiger partial charge in [-0.2, -0.15) is 0 Å².